The van der Waals surface area contributed by atoms with Crippen LogP contribution in [0.3, 0.4) is 0 Å². The molecule has 2 fully saturated rings. The molecule has 0 aromatic carbocycles. The highest BCUT2D eigenvalue weighted by atomic mass is 31.2. The number of hydrogen-bond donors (Lipinski definition) is 0. The SMILES string of the molecule is CC1CO[P+]2(O1)OC(C)C(C)O2. The molecule has 70 valence electrons. The van der Waals surface area contributed by atoms with Crippen LogP contribution in [0.5, 0.6) is 0 Å². The van der Waals surface area contributed by atoms with Crippen LogP contribution in [0.1, 0.15) is 20.8 Å². The highest BCUT2D eigenvalue weighted by Gasteiger charge is 2.64. The third-order valence-corrected chi connectivity index (χ3v) is 4.29. The summed E-state index contributed by atoms with van der Waals surface area (Å²) in [4.78, 5) is 0. The van der Waals surface area contributed by atoms with Gasteiger partial charge < -0.3 is 0 Å². The molecule has 0 N–H and O–H groups in total. The van der Waals surface area contributed by atoms with Gasteiger partial charge in [-0.3, -0.25) is 0 Å². The maximum absolute atomic E-state index is 5.54. The zero-order chi connectivity index (χ0) is 8.77. The van der Waals surface area contributed by atoms with E-state index in [4.69, 9.17) is 18.1 Å². The van der Waals surface area contributed by atoms with E-state index in [1.807, 2.05) is 20.8 Å². The largest absolute Gasteiger partial charge is 0.576 e. The van der Waals surface area contributed by atoms with Gasteiger partial charge in [0.05, 0.1) is 0 Å². The Morgan fingerprint density at radius 2 is 1.58 bits per heavy atom. The van der Waals surface area contributed by atoms with E-state index in [9.17, 15) is 0 Å². The highest BCUT2D eigenvalue weighted by Crippen LogP contribution is 2.72. The Hall–Kier alpha value is 0.270. The molecule has 5 heteroatoms. The van der Waals surface area contributed by atoms with E-state index >= 15 is 0 Å². The lowest BCUT2D eigenvalue weighted by molar-refractivity contribution is 0.176. The third kappa shape index (κ3) is 1.38. The smallest absolute Gasteiger partial charge is 0.150 e. The summed E-state index contributed by atoms with van der Waals surface area (Å²) >= 11 is 0. The molecular weight excluding hydrogens is 179 g/mol. The van der Waals surface area contributed by atoms with E-state index in [2.05, 4.69) is 0 Å². The monoisotopic (exact) mass is 193 g/mol. The summed E-state index contributed by atoms with van der Waals surface area (Å²) in [6.45, 7) is 6.46. The summed E-state index contributed by atoms with van der Waals surface area (Å²) in [6, 6.07) is 0. The fourth-order valence-electron chi connectivity index (χ4n) is 1.19. The third-order valence-electron chi connectivity index (χ3n) is 2.03. The van der Waals surface area contributed by atoms with Gasteiger partial charge in [-0.05, 0) is 20.8 Å². The zero-order valence-corrected chi connectivity index (χ0v) is 8.41. The summed E-state index contributed by atoms with van der Waals surface area (Å²) in [7, 11) is -2.37. The molecule has 0 aromatic rings. The first-order valence-corrected chi connectivity index (χ1v) is 5.66. The van der Waals surface area contributed by atoms with Crippen molar-refractivity contribution in [2.45, 2.75) is 39.1 Å². The van der Waals surface area contributed by atoms with Gasteiger partial charge in [-0.25, -0.2) is 0 Å². The lowest BCUT2D eigenvalue weighted by atomic mass is 10.3. The Labute approximate surface area is 72.8 Å². The minimum Gasteiger partial charge on any atom is -0.150 e. The number of hydrogen-bond acceptors (Lipinski definition) is 4. The van der Waals surface area contributed by atoms with Crippen LogP contribution in [-0.2, 0) is 18.1 Å². The van der Waals surface area contributed by atoms with Crippen LogP contribution in [0.4, 0.5) is 0 Å². The minimum atomic E-state index is -2.37. The van der Waals surface area contributed by atoms with Crippen LogP contribution >= 0.6 is 8.17 Å². The van der Waals surface area contributed by atoms with Crippen LogP contribution in [0.25, 0.3) is 0 Å². The molecule has 0 aliphatic carbocycles. The van der Waals surface area contributed by atoms with Gasteiger partial charge in [0.2, 0.25) is 0 Å². The first-order valence-electron chi connectivity index (χ1n) is 4.20. The standard InChI is InChI=1S/C7H14O4P/c1-5-4-8-12(9-5)10-6(2)7(3)11-12/h5-7H,4H2,1-3H3/q+1. The molecular formula is C7H14O4P+. The van der Waals surface area contributed by atoms with E-state index in [0.29, 0.717) is 6.61 Å². The van der Waals surface area contributed by atoms with Crippen LogP contribution < -0.4 is 0 Å². The molecule has 0 aromatic heterocycles. The van der Waals surface area contributed by atoms with Gasteiger partial charge >= 0.3 is 8.17 Å². The second kappa shape index (κ2) is 2.89. The van der Waals surface area contributed by atoms with Crippen molar-refractivity contribution in [3.05, 3.63) is 0 Å². The second-order valence-corrected chi connectivity index (χ2v) is 5.07. The number of rotatable bonds is 0. The fraction of sp³-hybridized carbons (Fsp3) is 1.00. The van der Waals surface area contributed by atoms with Gasteiger partial charge in [-0.2, -0.15) is 4.52 Å². The van der Waals surface area contributed by atoms with Crippen molar-refractivity contribution in [2.75, 3.05) is 6.61 Å². The van der Waals surface area contributed by atoms with Gasteiger partial charge in [-0.1, -0.05) is 0 Å². The molecule has 3 unspecified atom stereocenters. The van der Waals surface area contributed by atoms with Crippen molar-refractivity contribution in [3.8, 4) is 0 Å². The minimum absolute atomic E-state index is 0.0728. The maximum Gasteiger partial charge on any atom is 0.576 e. The molecule has 3 atom stereocenters. The Morgan fingerprint density at radius 3 is 2.00 bits per heavy atom. The quantitative estimate of drug-likeness (QED) is 0.551. The molecule has 0 amide bonds. The lowest BCUT2D eigenvalue weighted by Gasteiger charge is -2.04. The molecule has 2 saturated heterocycles. The molecule has 0 saturated carbocycles. The predicted molar refractivity (Wildman–Crippen MR) is 44.5 cm³/mol. The fourth-order valence-corrected chi connectivity index (χ4v) is 3.57. The van der Waals surface area contributed by atoms with Gasteiger partial charge in [0.25, 0.3) is 0 Å². The van der Waals surface area contributed by atoms with Crippen molar-refractivity contribution in [1.29, 1.82) is 0 Å². The Kier molecular flexibility index (Phi) is 2.13. The van der Waals surface area contributed by atoms with Gasteiger partial charge in [0.15, 0.2) is 0 Å². The second-order valence-electron chi connectivity index (χ2n) is 3.28. The van der Waals surface area contributed by atoms with Gasteiger partial charge in [0.1, 0.15) is 24.9 Å². The molecule has 12 heavy (non-hydrogen) atoms. The normalized spacial score (nSPS) is 53.8. The highest BCUT2D eigenvalue weighted by molar-refractivity contribution is 7.57. The van der Waals surface area contributed by atoms with Gasteiger partial charge in [0, 0.05) is 0 Å². The summed E-state index contributed by atoms with van der Waals surface area (Å²) in [6.07, 6.45) is 0.239. The van der Waals surface area contributed by atoms with E-state index in [1.54, 1.807) is 0 Å². The van der Waals surface area contributed by atoms with E-state index < -0.39 is 8.17 Å². The molecule has 2 aliphatic rings. The molecule has 0 radical (unpaired) electrons. The van der Waals surface area contributed by atoms with Gasteiger partial charge in [-0.15, -0.1) is 13.6 Å². The summed E-state index contributed by atoms with van der Waals surface area (Å²) < 4.78 is 22.0. The first kappa shape index (κ1) is 8.85. The molecule has 2 heterocycles. The average molecular weight is 193 g/mol. The van der Waals surface area contributed by atoms with E-state index in [0.717, 1.165) is 0 Å². The lowest BCUT2D eigenvalue weighted by Crippen LogP contribution is -2.13. The molecule has 0 bridgehead atoms. The molecule has 2 aliphatic heterocycles. The zero-order valence-electron chi connectivity index (χ0n) is 7.52. The van der Waals surface area contributed by atoms with Crippen molar-refractivity contribution < 1.29 is 18.1 Å². The van der Waals surface area contributed by atoms with Crippen molar-refractivity contribution in [2.24, 2.45) is 0 Å². The molecule has 1 spiro atoms. The van der Waals surface area contributed by atoms with Crippen molar-refractivity contribution in [3.63, 3.8) is 0 Å². The van der Waals surface area contributed by atoms with Crippen LogP contribution in [-0.4, -0.2) is 24.9 Å². The summed E-state index contributed by atoms with van der Waals surface area (Å²) in [5, 5.41) is 0. The van der Waals surface area contributed by atoms with Crippen LogP contribution in [0, 0.1) is 0 Å². The Morgan fingerprint density at radius 1 is 1.00 bits per heavy atom. The topological polar surface area (TPSA) is 36.9 Å². The summed E-state index contributed by atoms with van der Waals surface area (Å²) in [5.74, 6) is 0. The van der Waals surface area contributed by atoms with Crippen LogP contribution in [0.2, 0.25) is 0 Å². The predicted octanol–water partition coefficient (Wildman–Crippen LogP) is 1.92. The van der Waals surface area contributed by atoms with Crippen molar-refractivity contribution >= 4 is 8.17 Å². The summed E-state index contributed by atoms with van der Waals surface area (Å²) in [5.41, 5.74) is 0. The van der Waals surface area contributed by atoms with Crippen molar-refractivity contribution in [1.82, 2.24) is 0 Å². The Balaban J connectivity index is 2.05. The van der Waals surface area contributed by atoms with E-state index in [1.165, 1.54) is 0 Å². The van der Waals surface area contributed by atoms with E-state index in [-0.39, 0.29) is 18.3 Å². The van der Waals surface area contributed by atoms with Crippen LogP contribution in [0.15, 0.2) is 0 Å². The Bertz CT molecular complexity index is 176. The average Bonchev–Trinajstić information content (AvgIpc) is 2.42. The maximum atomic E-state index is 5.54. The molecule has 2 rings (SSSR count). The molecule has 4 nitrogen and oxygen atoms in total. The first-order chi connectivity index (χ1) is 5.61.